The maximum Gasteiger partial charge on any atom is 0.338 e. The predicted molar refractivity (Wildman–Crippen MR) is 71.5 cm³/mol. The average Bonchev–Trinajstić information content (AvgIpc) is 2.72. The van der Waals surface area contributed by atoms with Crippen LogP contribution in [0.4, 0.5) is 10.1 Å². The molecular formula is C14H13FN2O3. The van der Waals surface area contributed by atoms with Crippen LogP contribution in [0.5, 0.6) is 0 Å². The standard InChI is InChI=1S/C14H13FN2O3/c1-8-3-6-12(17(8)2)13(18)16-9-4-5-11(15)10(7-9)14(19)20/h3-7H,1-2H3,(H,16,18)(H,19,20). The Morgan fingerprint density at radius 2 is 1.95 bits per heavy atom. The lowest BCUT2D eigenvalue weighted by Crippen LogP contribution is -2.16. The van der Waals surface area contributed by atoms with Gasteiger partial charge in [-0.1, -0.05) is 0 Å². The molecule has 1 amide bonds. The van der Waals surface area contributed by atoms with Crippen LogP contribution < -0.4 is 5.32 Å². The summed E-state index contributed by atoms with van der Waals surface area (Å²) in [7, 11) is 1.75. The van der Waals surface area contributed by atoms with Gasteiger partial charge in [-0.3, -0.25) is 4.79 Å². The summed E-state index contributed by atoms with van der Waals surface area (Å²) < 4.78 is 15.0. The van der Waals surface area contributed by atoms with Crippen LogP contribution in [0.1, 0.15) is 26.5 Å². The van der Waals surface area contributed by atoms with Crippen molar-refractivity contribution in [3.63, 3.8) is 0 Å². The van der Waals surface area contributed by atoms with Crippen molar-refractivity contribution in [2.24, 2.45) is 7.05 Å². The van der Waals surface area contributed by atoms with E-state index in [2.05, 4.69) is 5.32 Å². The average molecular weight is 276 g/mol. The Labute approximate surface area is 114 Å². The summed E-state index contributed by atoms with van der Waals surface area (Å²) in [6, 6.07) is 6.87. The van der Waals surface area contributed by atoms with Gasteiger partial charge >= 0.3 is 5.97 Å². The summed E-state index contributed by atoms with van der Waals surface area (Å²) in [5, 5.41) is 11.4. The first-order chi connectivity index (χ1) is 9.40. The van der Waals surface area contributed by atoms with Gasteiger partial charge in [-0.05, 0) is 37.3 Å². The third kappa shape index (κ3) is 2.54. The molecule has 0 spiro atoms. The van der Waals surface area contributed by atoms with Crippen LogP contribution in [0.15, 0.2) is 30.3 Å². The highest BCUT2D eigenvalue weighted by Gasteiger charge is 2.14. The minimum atomic E-state index is -1.38. The molecule has 0 saturated heterocycles. The lowest BCUT2D eigenvalue weighted by atomic mass is 10.2. The number of anilines is 1. The Balaban J connectivity index is 2.26. The van der Waals surface area contributed by atoms with Gasteiger partial charge in [0.25, 0.3) is 5.91 Å². The summed E-state index contributed by atoms with van der Waals surface area (Å²) >= 11 is 0. The number of nitrogens with zero attached hydrogens (tertiary/aromatic N) is 1. The van der Waals surface area contributed by atoms with Gasteiger partial charge in [0, 0.05) is 18.4 Å². The van der Waals surface area contributed by atoms with Crippen molar-refractivity contribution in [3.8, 4) is 0 Å². The van der Waals surface area contributed by atoms with Gasteiger partial charge in [-0.2, -0.15) is 0 Å². The molecule has 0 saturated carbocycles. The zero-order valence-electron chi connectivity index (χ0n) is 11.0. The third-order valence-corrected chi connectivity index (χ3v) is 3.06. The molecule has 2 aromatic rings. The first-order valence-electron chi connectivity index (χ1n) is 5.86. The van der Waals surface area contributed by atoms with E-state index in [0.717, 1.165) is 17.8 Å². The van der Waals surface area contributed by atoms with Gasteiger partial charge in [0.1, 0.15) is 11.5 Å². The van der Waals surface area contributed by atoms with E-state index < -0.39 is 17.3 Å². The normalized spacial score (nSPS) is 10.3. The van der Waals surface area contributed by atoms with Crippen molar-refractivity contribution in [1.82, 2.24) is 4.57 Å². The van der Waals surface area contributed by atoms with Gasteiger partial charge in [-0.15, -0.1) is 0 Å². The molecule has 0 bridgehead atoms. The molecule has 104 valence electrons. The monoisotopic (exact) mass is 276 g/mol. The van der Waals surface area contributed by atoms with Crippen LogP contribution >= 0.6 is 0 Å². The molecule has 1 aromatic heterocycles. The number of carboxylic acids is 1. The Morgan fingerprint density at radius 3 is 2.50 bits per heavy atom. The number of hydrogen-bond acceptors (Lipinski definition) is 2. The smallest absolute Gasteiger partial charge is 0.338 e. The number of rotatable bonds is 3. The molecule has 5 nitrogen and oxygen atoms in total. The SMILES string of the molecule is Cc1ccc(C(=O)Nc2ccc(F)c(C(=O)O)c2)n1C. The highest BCUT2D eigenvalue weighted by atomic mass is 19.1. The molecule has 0 aliphatic rings. The summed E-state index contributed by atoms with van der Waals surface area (Å²) in [5.41, 5.74) is 1.10. The molecule has 0 aliphatic heterocycles. The van der Waals surface area contributed by atoms with E-state index in [1.165, 1.54) is 6.07 Å². The van der Waals surface area contributed by atoms with Crippen molar-refractivity contribution in [1.29, 1.82) is 0 Å². The fourth-order valence-corrected chi connectivity index (χ4v) is 1.80. The van der Waals surface area contributed by atoms with Crippen LogP contribution in [0.3, 0.4) is 0 Å². The minimum Gasteiger partial charge on any atom is -0.478 e. The number of nitrogens with one attached hydrogen (secondary N) is 1. The van der Waals surface area contributed by atoms with Crippen LogP contribution in [0.2, 0.25) is 0 Å². The summed E-state index contributed by atoms with van der Waals surface area (Å²) in [6.07, 6.45) is 0. The number of amides is 1. The van der Waals surface area contributed by atoms with E-state index in [4.69, 9.17) is 5.11 Å². The number of benzene rings is 1. The van der Waals surface area contributed by atoms with E-state index in [9.17, 15) is 14.0 Å². The summed E-state index contributed by atoms with van der Waals surface area (Å²) in [5.74, 6) is -2.61. The zero-order chi connectivity index (χ0) is 14.9. The maximum atomic E-state index is 13.3. The number of aryl methyl sites for hydroxylation is 1. The first-order valence-corrected chi connectivity index (χ1v) is 5.86. The molecule has 0 aliphatic carbocycles. The topological polar surface area (TPSA) is 71.3 Å². The lowest BCUT2D eigenvalue weighted by molar-refractivity contribution is 0.0691. The third-order valence-electron chi connectivity index (χ3n) is 3.06. The van der Waals surface area contributed by atoms with Gasteiger partial charge < -0.3 is 15.0 Å². The molecule has 2 N–H and O–H groups in total. The largest absolute Gasteiger partial charge is 0.478 e. The second kappa shape index (κ2) is 5.16. The van der Waals surface area contributed by atoms with Crippen LogP contribution in [-0.2, 0) is 7.05 Å². The molecule has 0 atom stereocenters. The quantitative estimate of drug-likeness (QED) is 0.904. The highest BCUT2D eigenvalue weighted by molar-refractivity contribution is 6.03. The minimum absolute atomic E-state index is 0.229. The van der Waals surface area contributed by atoms with E-state index in [1.54, 1.807) is 23.7 Å². The van der Waals surface area contributed by atoms with Crippen molar-refractivity contribution in [2.75, 3.05) is 5.32 Å². The van der Waals surface area contributed by atoms with Crippen molar-refractivity contribution in [2.45, 2.75) is 6.92 Å². The van der Waals surface area contributed by atoms with Crippen molar-refractivity contribution < 1.29 is 19.1 Å². The van der Waals surface area contributed by atoms with E-state index in [0.29, 0.717) is 5.69 Å². The van der Waals surface area contributed by atoms with Crippen LogP contribution in [-0.4, -0.2) is 21.6 Å². The van der Waals surface area contributed by atoms with E-state index in [-0.39, 0.29) is 11.6 Å². The second-order valence-electron chi connectivity index (χ2n) is 4.37. The van der Waals surface area contributed by atoms with Gasteiger partial charge in [0.15, 0.2) is 0 Å². The highest BCUT2D eigenvalue weighted by Crippen LogP contribution is 2.16. The number of aromatic carboxylic acids is 1. The fraction of sp³-hybridized carbons (Fsp3) is 0.143. The molecule has 6 heteroatoms. The molecule has 0 unspecified atom stereocenters. The molecule has 20 heavy (non-hydrogen) atoms. The number of carbonyl (C=O) groups excluding carboxylic acids is 1. The Hall–Kier alpha value is -2.63. The maximum absolute atomic E-state index is 13.3. The van der Waals surface area contributed by atoms with Crippen LogP contribution in [0.25, 0.3) is 0 Å². The fourth-order valence-electron chi connectivity index (χ4n) is 1.80. The molecular weight excluding hydrogens is 263 g/mol. The molecule has 0 radical (unpaired) electrons. The Morgan fingerprint density at radius 1 is 1.25 bits per heavy atom. The number of hydrogen-bond donors (Lipinski definition) is 2. The molecule has 1 heterocycles. The van der Waals surface area contributed by atoms with E-state index in [1.807, 2.05) is 6.92 Å². The van der Waals surface area contributed by atoms with E-state index >= 15 is 0 Å². The summed E-state index contributed by atoms with van der Waals surface area (Å²) in [4.78, 5) is 22.9. The second-order valence-corrected chi connectivity index (χ2v) is 4.37. The summed E-state index contributed by atoms with van der Waals surface area (Å²) in [6.45, 7) is 1.86. The number of halogens is 1. The van der Waals surface area contributed by atoms with Gasteiger partial charge in [0.2, 0.25) is 0 Å². The molecule has 1 aromatic carbocycles. The first kappa shape index (κ1) is 13.8. The number of carbonyl (C=O) groups is 2. The molecule has 2 rings (SSSR count). The van der Waals surface area contributed by atoms with Gasteiger partial charge in [-0.25, -0.2) is 9.18 Å². The zero-order valence-corrected chi connectivity index (χ0v) is 11.0. The van der Waals surface area contributed by atoms with Crippen molar-refractivity contribution >= 4 is 17.6 Å². The van der Waals surface area contributed by atoms with Gasteiger partial charge in [0.05, 0.1) is 5.56 Å². The predicted octanol–water partition coefficient (Wildman–Crippen LogP) is 2.42. The Bertz CT molecular complexity index is 692. The number of aromatic nitrogens is 1. The lowest BCUT2D eigenvalue weighted by Gasteiger charge is -2.08. The molecule has 0 fully saturated rings. The number of carboxylic acid groups (broad SMARTS) is 1. The van der Waals surface area contributed by atoms with Crippen LogP contribution in [0, 0.1) is 12.7 Å². The Kier molecular flexibility index (Phi) is 3.56. The van der Waals surface area contributed by atoms with Crippen molar-refractivity contribution in [3.05, 3.63) is 53.1 Å².